The number of amides is 1. The molecule has 0 fully saturated rings. The van der Waals surface area contributed by atoms with Crippen molar-refractivity contribution in [3.05, 3.63) is 33.3 Å². The number of nitrogens with zero attached hydrogens (tertiary/aromatic N) is 1. The summed E-state index contributed by atoms with van der Waals surface area (Å²) < 4.78 is 0.707. The van der Waals surface area contributed by atoms with Gasteiger partial charge in [0.05, 0.1) is 5.92 Å². The van der Waals surface area contributed by atoms with Gasteiger partial charge in [-0.25, -0.2) is 0 Å². The summed E-state index contributed by atoms with van der Waals surface area (Å²) in [6.45, 7) is 1.71. The number of carbonyl (C=O) groups is 2. The molecule has 1 aromatic rings. The third-order valence-electron chi connectivity index (χ3n) is 2.43. The Hall–Kier alpha value is -1.07. The van der Waals surface area contributed by atoms with Crippen molar-refractivity contribution in [2.24, 2.45) is 5.92 Å². The van der Waals surface area contributed by atoms with Crippen LogP contribution < -0.4 is 0 Å². The molecule has 0 saturated heterocycles. The van der Waals surface area contributed by atoms with Crippen LogP contribution in [0.1, 0.15) is 17.3 Å². The lowest BCUT2D eigenvalue weighted by atomic mass is 10.1. The van der Waals surface area contributed by atoms with Crippen LogP contribution in [0.5, 0.6) is 0 Å². The van der Waals surface area contributed by atoms with Crippen LogP contribution in [0.15, 0.2) is 22.7 Å². The summed E-state index contributed by atoms with van der Waals surface area (Å²) in [5.74, 6) is -1.80. The fourth-order valence-corrected chi connectivity index (χ4v) is 2.33. The maximum atomic E-state index is 12.1. The normalized spacial score (nSPS) is 12.0. The van der Waals surface area contributed by atoms with Crippen molar-refractivity contribution >= 4 is 39.4 Å². The van der Waals surface area contributed by atoms with E-state index >= 15 is 0 Å². The van der Waals surface area contributed by atoms with E-state index < -0.39 is 11.9 Å². The van der Waals surface area contributed by atoms with Gasteiger partial charge >= 0.3 is 5.97 Å². The predicted molar refractivity (Wildman–Crippen MR) is 72.9 cm³/mol. The van der Waals surface area contributed by atoms with Gasteiger partial charge in [-0.1, -0.05) is 34.5 Å². The SMILES string of the molecule is CC(CN(C)C(=O)c1cc(Cl)cc(Br)c1)C(=O)O. The summed E-state index contributed by atoms with van der Waals surface area (Å²) in [6.07, 6.45) is 0. The molecule has 1 rings (SSSR count). The zero-order chi connectivity index (χ0) is 13.9. The minimum absolute atomic E-state index is 0.151. The van der Waals surface area contributed by atoms with Crippen LogP contribution in [0.3, 0.4) is 0 Å². The van der Waals surface area contributed by atoms with Gasteiger partial charge in [-0.3, -0.25) is 9.59 Å². The Morgan fingerprint density at radius 1 is 1.44 bits per heavy atom. The molecule has 0 spiro atoms. The van der Waals surface area contributed by atoms with Crippen molar-refractivity contribution in [2.75, 3.05) is 13.6 Å². The van der Waals surface area contributed by atoms with Crippen molar-refractivity contribution in [1.29, 1.82) is 0 Å². The second kappa shape index (κ2) is 6.20. The lowest BCUT2D eigenvalue weighted by Gasteiger charge is -2.19. The first-order chi connectivity index (χ1) is 8.31. The molecule has 0 radical (unpaired) electrons. The van der Waals surface area contributed by atoms with Crippen LogP contribution in [0.25, 0.3) is 0 Å². The van der Waals surface area contributed by atoms with E-state index in [0.717, 1.165) is 0 Å². The zero-order valence-corrected chi connectivity index (χ0v) is 12.3. The molecular formula is C12H13BrClNO3. The summed E-state index contributed by atoms with van der Waals surface area (Å²) >= 11 is 9.12. The maximum Gasteiger partial charge on any atom is 0.308 e. The van der Waals surface area contributed by atoms with Crippen molar-refractivity contribution in [2.45, 2.75) is 6.92 Å². The van der Waals surface area contributed by atoms with E-state index in [1.165, 1.54) is 4.90 Å². The number of carboxylic acid groups (broad SMARTS) is 1. The predicted octanol–water partition coefficient (Wildman–Crippen LogP) is 2.90. The first-order valence-electron chi connectivity index (χ1n) is 5.25. The standard InChI is InChI=1S/C12H13BrClNO3/c1-7(12(17)18)6-15(2)11(16)8-3-9(13)5-10(14)4-8/h3-5,7H,6H2,1-2H3,(H,17,18). The highest BCUT2D eigenvalue weighted by Crippen LogP contribution is 2.20. The van der Waals surface area contributed by atoms with Crippen LogP contribution in [0.2, 0.25) is 5.02 Å². The van der Waals surface area contributed by atoms with Gasteiger partial charge in [-0.2, -0.15) is 0 Å². The number of carboxylic acids is 1. The van der Waals surface area contributed by atoms with Crippen molar-refractivity contribution in [3.63, 3.8) is 0 Å². The zero-order valence-electron chi connectivity index (χ0n) is 9.98. The highest BCUT2D eigenvalue weighted by atomic mass is 79.9. The number of halogens is 2. The number of carbonyl (C=O) groups excluding carboxylic acids is 1. The summed E-state index contributed by atoms with van der Waals surface area (Å²) in [7, 11) is 1.57. The van der Waals surface area contributed by atoms with E-state index in [9.17, 15) is 9.59 Å². The minimum Gasteiger partial charge on any atom is -0.481 e. The summed E-state index contributed by atoms with van der Waals surface area (Å²) in [5.41, 5.74) is 0.425. The molecule has 0 aliphatic carbocycles. The van der Waals surface area contributed by atoms with Crippen molar-refractivity contribution < 1.29 is 14.7 Å². The first kappa shape index (κ1) is 15.0. The molecule has 1 atom stereocenters. The molecule has 1 amide bonds. The lowest BCUT2D eigenvalue weighted by Crippen LogP contribution is -2.33. The van der Waals surface area contributed by atoms with E-state index in [1.807, 2.05) is 0 Å². The third kappa shape index (κ3) is 3.99. The van der Waals surface area contributed by atoms with Crippen molar-refractivity contribution in [3.8, 4) is 0 Å². The molecular weight excluding hydrogens is 321 g/mol. The molecule has 0 aromatic heterocycles. The van der Waals surface area contributed by atoms with Gasteiger partial charge < -0.3 is 10.0 Å². The number of hydrogen-bond acceptors (Lipinski definition) is 2. The lowest BCUT2D eigenvalue weighted by molar-refractivity contribution is -0.141. The van der Waals surface area contributed by atoms with E-state index in [0.29, 0.717) is 15.1 Å². The second-order valence-electron chi connectivity index (χ2n) is 4.08. The Labute approximate surface area is 119 Å². The van der Waals surface area contributed by atoms with Gasteiger partial charge in [0.1, 0.15) is 0 Å². The quantitative estimate of drug-likeness (QED) is 0.921. The van der Waals surface area contributed by atoms with Gasteiger partial charge in [-0.05, 0) is 18.2 Å². The van der Waals surface area contributed by atoms with E-state index in [2.05, 4.69) is 15.9 Å². The smallest absolute Gasteiger partial charge is 0.308 e. The van der Waals surface area contributed by atoms with Gasteiger partial charge in [0.2, 0.25) is 0 Å². The average molecular weight is 335 g/mol. The molecule has 0 aliphatic rings. The second-order valence-corrected chi connectivity index (χ2v) is 5.44. The minimum atomic E-state index is -0.929. The molecule has 98 valence electrons. The van der Waals surface area contributed by atoms with Crippen LogP contribution >= 0.6 is 27.5 Å². The molecule has 0 aliphatic heterocycles. The Balaban J connectivity index is 2.83. The van der Waals surface area contributed by atoms with Crippen LogP contribution in [-0.4, -0.2) is 35.5 Å². The summed E-state index contributed by atoms with van der Waals surface area (Å²) in [4.78, 5) is 24.2. The van der Waals surface area contributed by atoms with E-state index in [4.69, 9.17) is 16.7 Å². The number of hydrogen-bond donors (Lipinski definition) is 1. The van der Waals surface area contributed by atoms with E-state index in [1.54, 1.807) is 32.2 Å². The molecule has 4 nitrogen and oxygen atoms in total. The molecule has 18 heavy (non-hydrogen) atoms. The van der Waals surface area contributed by atoms with Gasteiger partial charge in [-0.15, -0.1) is 0 Å². The highest BCUT2D eigenvalue weighted by Gasteiger charge is 2.19. The molecule has 6 heteroatoms. The summed E-state index contributed by atoms with van der Waals surface area (Å²) in [5, 5.41) is 9.26. The van der Waals surface area contributed by atoms with Gasteiger partial charge in [0.15, 0.2) is 0 Å². The molecule has 0 heterocycles. The topological polar surface area (TPSA) is 57.6 Å². The maximum absolute atomic E-state index is 12.1. The average Bonchev–Trinajstić information content (AvgIpc) is 2.26. The van der Waals surface area contributed by atoms with E-state index in [-0.39, 0.29) is 12.5 Å². The first-order valence-corrected chi connectivity index (χ1v) is 6.42. The molecule has 1 aromatic carbocycles. The number of rotatable bonds is 4. The third-order valence-corrected chi connectivity index (χ3v) is 3.10. The Morgan fingerprint density at radius 3 is 2.56 bits per heavy atom. The Kier molecular flexibility index (Phi) is 5.16. The van der Waals surface area contributed by atoms with Gasteiger partial charge in [0, 0.05) is 28.7 Å². The number of benzene rings is 1. The molecule has 1 N–H and O–H groups in total. The fourth-order valence-electron chi connectivity index (χ4n) is 1.47. The van der Waals surface area contributed by atoms with Crippen LogP contribution in [0.4, 0.5) is 0 Å². The van der Waals surface area contributed by atoms with Gasteiger partial charge in [0.25, 0.3) is 5.91 Å². The molecule has 0 bridgehead atoms. The van der Waals surface area contributed by atoms with Crippen molar-refractivity contribution in [1.82, 2.24) is 4.90 Å². The number of aliphatic carboxylic acids is 1. The Bertz CT molecular complexity index is 458. The highest BCUT2D eigenvalue weighted by molar-refractivity contribution is 9.10. The fraction of sp³-hybridized carbons (Fsp3) is 0.333. The van der Waals surface area contributed by atoms with Crippen LogP contribution in [-0.2, 0) is 4.79 Å². The molecule has 1 unspecified atom stereocenters. The molecule has 0 saturated carbocycles. The summed E-state index contributed by atoms with van der Waals surface area (Å²) in [6, 6.07) is 4.88. The largest absolute Gasteiger partial charge is 0.481 e. The monoisotopic (exact) mass is 333 g/mol. The Morgan fingerprint density at radius 2 is 2.06 bits per heavy atom. The van der Waals surface area contributed by atoms with Crippen LogP contribution in [0, 0.1) is 5.92 Å².